The van der Waals surface area contributed by atoms with Gasteiger partial charge in [0.15, 0.2) is 0 Å². The second-order valence-corrected chi connectivity index (χ2v) is 10.1. The minimum atomic E-state index is -3.60. The molecule has 6 heteroatoms. The molecule has 5 nitrogen and oxygen atoms in total. The van der Waals surface area contributed by atoms with E-state index >= 15 is 0 Å². The van der Waals surface area contributed by atoms with Crippen molar-refractivity contribution >= 4 is 27.9 Å². The number of allylic oxidation sites excluding steroid dienone is 2. The largest absolute Gasteiger partial charge is 0.381 e. The first-order chi connectivity index (χ1) is 15.9. The van der Waals surface area contributed by atoms with Crippen molar-refractivity contribution in [1.29, 1.82) is 0 Å². The van der Waals surface area contributed by atoms with Gasteiger partial charge in [0.05, 0.1) is 10.6 Å². The SMILES string of the molecule is CC=NC(=C\C)/C(=C\c1cccc(S(=O)(=O)NCC2CCOCC2)c1)c1cccc(C)c1C. The fourth-order valence-corrected chi connectivity index (χ4v) is 5.14. The Morgan fingerprint density at radius 1 is 1.12 bits per heavy atom. The molecule has 1 aliphatic heterocycles. The van der Waals surface area contributed by atoms with Gasteiger partial charge in [0.2, 0.25) is 10.0 Å². The van der Waals surface area contributed by atoms with Crippen molar-refractivity contribution in [2.75, 3.05) is 19.8 Å². The minimum absolute atomic E-state index is 0.268. The molecule has 0 amide bonds. The molecule has 2 aromatic rings. The summed E-state index contributed by atoms with van der Waals surface area (Å²) in [5.41, 5.74) is 6.07. The van der Waals surface area contributed by atoms with Gasteiger partial charge >= 0.3 is 0 Å². The van der Waals surface area contributed by atoms with E-state index in [1.807, 2.05) is 38.1 Å². The van der Waals surface area contributed by atoms with Crippen molar-refractivity contribution in [2.45, 2.75) is 45.4 Å². The molecule has 0 unspecified atom stereocenters. The summed E-state index contributed by atoms with van der Waals surface area (Å²) in [6.07, 6.45) is 7.53. The lowest BCUT2D eigenvalue weighted by molar-refractivity contribution is 0.0678. The first kappa shape index (κ1) is 25.1. The maximum Gasteiger partial charge on any atom is 0.240 e. The van der Waals surface area contributed by atoms with Gasteiger partial charge in [-0.25, -0.2) is 13.1 Å². The van der Waals surface area contributed by atoms with Crippen LogP contribution < -0.4 is 4.72 Å². The van der Waals surface area contributed by atoms with Crippen LogP contribution in [0.4, 0.5) is 0 Å². The van der Waals surface area contributed by atoms with Crippen LogP contribution in [-0.4, -0.2) is 34.4 Å². The summed E-state index contributed by atoms with van der Waals surface area (Å²) < 4.78 is 34.1. The molecule has 176 valence electrons. The molecule has 1 fully saturated rings. The number of nitrogens with one attached hydrogen (secondary N) is 1. The van der Waals surface area contributed by atoms with Crippen molar-refractivity contribution in [3.05, 3.63) is 76.5 Å². The second-order valence-electron chi connectivity index (χ2n) is 8.35. The smallest absolute Gasteiger partial charge is 0.240 e. The van der Waals surface area contributed by atoms with E-state index in [0.717, 1.165) is 35.2 Å². The Labute approximate surface area is 198 Å². The van der Waals surface area contributed by atoms with E-state index in [1.54, 1.807) is 24.4 Å². The van der Waals surface area contributed by atoms with Crippen LogP contribution in [0.25, 0.3) is 11.6 Å². The highest BCUT2D eigenvalue weighted by Gasteiger charge is 2.19. The molecular weight excluding hydrogens is 432 g/mol. The summed E-state index contributed by atoms with van der Waals surface area (Å²) in [6.45, 7) is 9.87. The number of aryl methyl sites for hydroxylation is 1. The van der Waals surface area contributed by atoms with Gasteiger partial charge in [0.1, 0.15) is 0 Å². The number of hydrogen-bond acceptors (Lipinski definition) is 4. The molecule has 0 radical (unpaired) electrons. The highest BCUT2D eigenvalue weighted by atomic mass is 32.2. The van der Waals surface area contributed by atoms with Crippen molar-refractivity contribution in [1.82, 2.24) is 4.72 Å². The standard InChI is InChI=1S/C27H34N2O3S/c1-5-27(28-6-2)26(25-12-7-9-20(3)21(25)4)18-23-10-8-11-24(17-23)33(30,31)29-19-22-13-15-32-16-14-22/h5-12,17-18,22,29H,13-16,19H2,1-4H3/b26-18-,27-5-,28-6?. The van der Waals surface area contributed by atoms with Crippen molar-refractivity contribution < 1.29 is 13.2 Å². The zero-order valence-electron chi connectivity index (χ0n) is 20.0. The van der Waals surface area contributed by atoms with Crippen LogP contribution in [0, 0.1) is 19.8 Å². The van der Waals surface area contributed by atoms with Crippen LogP contribution in [0.1, 0.15) is 48.9 Å². The monoisotopic (exact) mass is 466 g/mol. The van der Waals surface area contributed by atoms with Gasteiger partial charge in [-0.2, -0.15) is 0 Å². The number of hydrogen-bond donors (Lipinski definition) is 1. The van der Waals surface area contributed by atoms with Crippen LogP contribution in [0.2, 0.25) is 0 Å². The van der Waals surface area contributed by atoms with Crippen LogP contribution >= 0.6 is 0 Å². The molecule has 0 saturated carbocycles. The number of nitrogens with zero attached hydrogens (tertiary/aromatic N) is 1. The first-order valence-corrected chi connectivity index (χ1v) is 12.9. The fourth-order valence-electron chi connectivity index (χ4n) is 3.97. The van der Waals surface area contributed by atoms with E-state index in [9.17, 15) is 8.42 Å². The van der Waals surface area contributed by atoms with Crippen molar-refractivity contribution in [2.24, 2.45) is 10.9 Å². The zero-order valence-corrected chi connectivity index (χ0v) is 20.8. The molecule has 33 heavy (non-hydrogen) atoms. The third-order valence-corrected chi connectivity index (χ3v) is 7.52. The molecule has 0 aromatic heterocycles. The predicted octanol–water partition coefficient (Wildman–Crippen LogP) is 5.54. The molecule has 1 heterocycles. The lowest BCUT2D eigenvalue weighted by atomic mass is 9.93. The highest BCUT2D eigenvalue weighted by Crippen LogP contribution is 2.31. The van der Waals surface area contributed by atoms with Gasteiger partial charge in [-0.1, -0.05) is 36.4 Å². The van der Waals surface area contributed by atoms with E-state index in [1.165, 1.54) is 11.1 Å². The highest BCUT2D eigenvalue weighted by molar-refractivity contribution is 7.89. The number of sulfonamides is 1. The molecule has 0 atom stereocenters. The normalized spacial score (nSPS) is 16.5. The predicted molar refractivity (Wildman–Crippen MR) is 137 cm³/mol. The Bertz CT molecular complexity index is 1160. The average molecular weight is 467 g/mol. The molecule has 1 saturated heterocycles. The average Bonchev–Trinajstić information content (AvgIpc) is 2.83. The number of benzene rings is 2. The number of ether oxygens (including phenoxy) is 1. The quantitative estimate of drug-likeness (QED) is 0.315. The Hall–Kier alpha value is -2.54. The third-order valence-electron chi connectivity index (χ3n) is 6.09. The van der Waals surface area contributed by atoms with Crippen molar-refractivity contribution in [3.63, 3.8) is 0 Å². The van der Waals surface area contributed by atoms with E-state index in [2.05, 4.69) is 35.7 Å². The lowest BCUT2D eigenvalue weighted by Crippen LogP contribution is -2.32. The minimum Gasteiger partial charge on any atom is -0.381 e. The molecule has 1 aliphatic rings. The summed E-state index contributed by atoms with van der Waals surface area (Å²) in [4.78, 5) is 4.83. The number of aliphatic imine (C=N–C) groups is 1. The third kappa shape index (κ3) is 6.50. The van der Waals surface area contributed by atoms with Crippen LogP contribution in [-0.2, 0) is 14.8 Å². The van der Waals surface area contributed by atoms with Gasteiger partial charge < -0.3 is 4.74 Å². The summed E-state index contributed by atoms with van der Waals surface area (Å²) >= 11 is 0. The summed E-state index contributed by atoms with van der Waals surface area (Å²) in [6, 6.07) is 13.3. The van der Waals surface area contributed by atoms with Crippen LogP contribution in [0.5, 0.6) is 0 Å². The van der Waals surface area contributed by atoms with Gasteiger partial charge in [-0.05, 0) is 86.9 Å². The van der Waals surface area contributed by atoms with Gasteiger partial charge in [0.25, 0.3) is 0 Å². The Morgan fingerprint density at radius 3 is 2.55 bits per heavy atom. The van der Waals surface area contributed by atoms with E-state index in [-0.39, 0.29) is 4.90 Å². The molecule has 0 bridgehead atoms. The van der Waals surface area contributed by atoms with E-state index in [4.69, 9.17) is 4.74 Å². The molecule has 0 aliphatic carbocycles. The van der Waals surface area contributed by atoms with Crippen molar-refractivity contribution in [3.8, 4) is 0 Å². The van der Waals surface area contributed by atoms with Gasteiger partial charge in [-0.15, -0.1) is 0 Å². The summed E-state index contributed by atoms with van der Waals surface area (Å²) in [5.74, 6) is 0.316. The van der Waals surface area contributed by atoms with Crippen LogP contribution in [0.3, 0.4) is 0 Å². The Balaban J connectivity index is 1.96. The topological polar surface area (TPSA) is 67.8 Å². The van der Waals surface area contributed by atoms with Crippen LogP contribution in [0.15, 0.2) is 64.1 Å². The first-order valence-electron chi connectivity index (χ1n) is 11.5. The maximum absolute atomic E-state index is 13.0. The number of rotatable bonds is 8. The zero-order chi connectivity index (χ0) is 23.8. The summed E-state index contributed by atoms with van der Waals surface area (Å²) in [5, 5.41) is 0. The summed E-state index contributed by atoms with van der Waals surface area (Å²) in [7, 11) is -3.60. The molecule has 1 N–H and O–H groups in total. The molecule has 3 rings (SSSR count). The maximum atomic E-state index is 13.0. The molecule has 0 spiro atoms. The Morgan fingerprint density at radius 2 is 1.85 bits per heavy atom. The Kier molecular flexibility index (Phi) is 8.78. The van der Waals surface area contributed by atoms with E-state index < -0.39 is 10.0 Å². The molecular formula is C27H34N2O3S. The second kappa shape index (κ2) is 11.5. The van der Waals surface area contributed by atoms with Gasteiger partial charge in [0, 0.05) is 31.5 Å². The lowest BCUT2D eigenvalue weighted by Gasteiger charge is -2.22. The van der Waals surface area contributed by atoms with Gasteiger partial charge in [-0.3, -0.25) is 4.99 Å². The molecule has 2 aromatic carbocycles. The fraction of sp³-hybridized carbons (Fsp3) is 0.370. The van der Waals surface area contributed by atoms with E-state index in [0.29, 0.717) is 25.7 Å².